The number of piperidine rings is 1. The Labute approximate surface area is 119 Å². The molecule has 0 saturated carbocycles. The molecule has 0 unspecified atom stereocenters. The monoisotopic (exact) mass is 275 g/mol. The van der Waals surface area contributed by atoms with Gasteiger partial charge in [0.1, 0.15) is 5.75 Å². The van der Waals surface area contributed by atoms with Crippen molar-refractivity contribution in [3.05, 3.63) is 28.8 Å². The van der Waals surface area contributed by atoms with E-state index in [0.717, 1.165) is 30.4 Å². The van der Waals surface area contributed by atoms with E-state index < -0.39 is 11.7 Å². The molecule has 4 nitrogen and oxygen atoms in total. The fourth-order valence-corrected chi connectivity index (χ4v) is 2.49. The lowest BCUT2D eigenvalue weighted by molar-refractivity contribution is -0.127. The molecule has 1 saturated heterocycles. The van der Waals surface area contributed by atoms with E-state index in [1.807, 2.05) is 19.9 Å². The third kappa shape index (κ3) is 2.84. The van der Waals surface area contributed by atoms with E-state index in [-0.39, 0.29) is 0 Å². The van der Waals surface area contributed by atoms with Crippen LogP contribution in [0.3, 0.4) is 0 Å². The summed E-state index contributed by atoms with van der Waals surface area (Å²) in [6.45, 7) is 5.24. The van der Waals surface area contributed by atoms with Crippen LogP contribution >= 0.6 is 0 Å². The highest BCUT2D eigenvalue weighted by atomic mass is 16.5. The number of hydrogen-bond acceptors (Lipinski definition) is 3. The number of aryl methyl sites for hydroxylation is 2. The van der Waals surface area contributed by atoms with Crippen molar-refractivity contribution in [2.75, 3.05) is 20.2 Å². The third-order valence-electron chi connectivity index (χ3n) is 3.90. The Morgan fingerprint density at radius 2 is 1.65 bits per heavy atom. The summed E-state index contributed by atoms with van der Waals surface area (Å²) in [5, 5.41) is 0. The van der Waals surface area contributed by atoms with Crippen LogP contribution in [-0.4, -0.2) is 36.8 Å². The van der Waals surface area contributed by atoms with Crippen molar-refractivity contribution in [2.24, 2.45) is 0 Å². The zero-order valence-corrected chi connectivity index (χ0v) is 12.4. The zero-order chi connectivity index (χ0) is 14.7. The van der Waals surface area contributed by atoms with Gasteiger partial charge in [-0.25, -0.2) is 0 Å². The molecule has 0 radical (unpaired) electrons. The SMILES string of the molecule is COc1cc(C)c(C)cc1C(=O)C(=O)N1CCCCC1. The summed E-state index contributed by atoms with van der Waals surface area (Å²) in [6.07, 6.45) is 3.08. The molecule has 0 aromatic heterocycles. The van der Waals surface area contributed by atoms with Gasteiger partial charge >= 0.3 is 0 Å². The second-order valence-electron chi connectivity index (χ2n) is 5.32. The number of carbonyl (C=O) groups is 2. The van der Waals surface area contributed by atoms with Crippen molar-refractivity contribution in [1.29, 1.82) is 0 Å². The van der Waals surface area contributed by atoms with Crippen molar-refractivity contribution in [1.82, 2.24) is 4.90 Å². The maximum atomic E-state index is 12.4. The van der Waals surface area contributed by atoms with Gasteiger partial charge in [0.15, 0.2) is 0 Å². The number of rotatable bonds is 3. The fourth-order valence-electron chi connectivity index (χ4n) is 2.49. The summed E-state index contributed by atoms with van der Waals surface area (Å²) in [4.78, 5) is 26.4. The van der Waals surface area contributed by atoms with E-state index in [4.69, 9.17) is 4.74 Å². The van der Waals surface area contributed by atoms with Gasteiger partial charge in [0.2, 0.25) is 0 Å². The predicted octanol–water partition coefficient (Wildman–Crippen LogP) is 2.51. The molecule has 0 atom stereocenters. The van der Waals surface area contributed by atoms with Crippen molar-refractivity contribution in [3.8, 4) is 5.75 Å². The minimum absolute atomic E-state index is 0.367. The Hall–Kier alpha value is -1.84. The first-order chi connectivity index (χ1) is 9.54. The summed E-state index contributed by atoms with van der Waals surface area (Å²) >= 11 is 0. The Morgan fingerprint density at radius 1 is 1.05 bits per heavy atom. The van der Waals surface area contributed by atoms with E-state index in [0.29, 0.717) is 24.4 Å². The van der Waals surface area contributed by atoms with Gasteiger partial charge in [-0.1, -0.05) is 0 Å². The van der Waals surface area contributed by atoms with E-state index >= 15 is 0 Å². The molecule has 1 aliphatic heterocycles. The number of nitrogens with zero attached hydrogens (tertiary/aromatic N) is 1. The van der Waals surface area contributed by atoms with Crippen LogP contribution in [0.15, 0.2) is 12.1 Å². The number of Topliss-reactive ketones (excluding diaryl/α,β-unsaturated/α-hetero) is 1. The number of methoxy groups -OCH3 is 1. The average Bonchev–Trinajstić information content (AvgIpc) is 2.49. The molecule has 1 fully saturated rings. The van der Waals surface area contributed by atoms with Crippen molar-refractivity contribution in [2.45, 2.75) is 33.1 Å². The van der Waals surface area contributed by atoms with Crippen LogP contribution in [0.5, 0.6) is 5.75 Å². The van der Waals surface area contributed by atoms with Gasteiger partial charge in [0, 0.05) is 13.1 Å². The largest absolute Gasteiger partial charge is 0.496 e. The lowest BCUT2D eigenvalue weighted by Gasteiger charge is -2.26. The highest BCUT2D eigenvalue weighted by molar-refractivity contribution is 6.43. The van der Waals surface area contributed by atoms with Gasteiger partial charge in [-0.15, -0.1) is 0 Å². The number of ether oxygens (including phenoxy) is 1. The van der Waals surface area contributed by atoms with Gasteiger partial charge in [-0.2, -0.15) is 0 Å². The molecular weight excluding hydrogens is 254 g/mol. The van der Waals surface area contributed by atoms with Gasteiger partial charge in [0.25, 0.3) is 11.7 Å². The molecule has 20 heavy (non-hydrogen) atoms. The molecule has 1 amide bonds. The highest BCUT2D eigenvalue weighted by Gasteiger charge is 2.27. The molecule has 1 aromatic carbocycles. The van der Waals surface area contributed by atoms with Crippen LogP contribution in [-0.2, 0) is 4.79 Å². The Kier molecular flexibility index (Phi) is 4.42. The van der Waals surface area contributed by atoms with E-state index in [1.54, 1.807) is 11.0 Å². The number of ketones is 1. The number of likely N-dealkylation sites (tertiary alicyclic amines) is 1. The molecule has 1 heterocycles. The number of amides is 1. The van der Waals surface area contributed by atoms with Crippen LogP contribution in [0.2, 0.25) is 0 Å². The summed E-state index contributed by atoms with van der Waals surface area (Å²) in [7, 11) is 1.52. The number of carbonyl (C=O) groups excluding carboxylic acids is 2. The van der Waals surface area contributed by atoms with Gasteiger partial charge < -0.3 is 9.64 Å². The van der Waals surface area contributed by atoms with Crippen LogP contribution in [0.1, 0.15) is 40.7 Å². The summed E-state index contributed by atoms with van der Waals surface area (Å²) in [5.74, 6) is -0.401. The maximum absolute atomic E-state index is 12.4. The normalized spacial score (nSPS) is 15.1. The summed E-state index contributed by atoms with van der Waals surface area (Å²) in [6, 6.07) is 3.56. The third-order valence-corrected chi connectivity index (χ3v) is 3.90. The predicted molar refractivity (Wildman–Crippen MR) is 77.2 cm³/mol. The zero-order valence-electron chi connectivity index (χ0n) is 12.4. The molecule has 0 spiro atoms. The fraction of sp³-hybridized carbons (Fsp3) is 0.500. The van der Waals surface area contributed by atoms with E-state index in [2.05, 4.69) is 0 Å². The Bertz CT molecular complexity index is 531. The Morgan fingerprint density at radius 3 is 2.25 bits per heavy atom. The molecule has 0 bridgehead atoms. The lowest BCUT2D eigenvalue weighted by atomic mass is 10.0. The van der Waals surface area contributed by atoms with Crippen LogP contribution in [0.25, 0.3) is 0 Å². The quantitative estimate of drug-likeness (QED) is 0.629. The Balaban J connectivity index is 2.28. The van der Waals surface area contributed by atoms with E-state index in [1.165, 1.54) is 7.11 Å². The van der Waals surface area contributed by atoms with Crippen molar-refractivity contribution < 1.29 is 14.3 Å². The smallest absolute Gasteiger partial charge is 0.295 e. The second-order valence-corrected chi connectivity index (χ2v) is 5.32. The summed E-state index contributed by atoms with van der Waals surface area (Å²) < 4.78 is 5.25. The van der Waals surface area contributed by atoms with Gasteiger partial charge in [0.05, 0.1) is 12.7 Å². The second kappa shape index (κ2) is 6.07. The number of hydrogen-bond donors (Lipinski definition) is 0. The first kappa shape index (κ1) is 14.6. The molecule has 0 aliphatic carbocycles. The molecule has 4 heteroatoms. The van der Waals surface area contributed by atoms with Crippen LogP contribution in [0, 0.1) is 13.8 Å². The van der Waals surface area contributed by atoms with Crippen LogP contribution < -0.4 is 4.74 Å². The lowest BCUT2D eigenvalue weighted by Crippen LogP contribution is -2.40. The first-order valence-electron chi connectivity index (χ1n) is 7.03. The molecular formula is C16H21NO3. The molecule has 1 aliphatic rings. The molecule has 108 valence electrons. The minimum atomic E-state index is -0.466. The number of benzene rings is 1. The van der Waals surface area contributed by atoms with E-state index in [9.17, 15) is 9.59 Å². The van der Waals surface area contributed by atoms with Crippen molar-refractivity contribution in [3.63, 3.8) is 0 Å². The molecule has 2 rings (SSSR count). The highest BCUT2D eigenvalue weighted by Crippen LogP contribution is 2.24. The summed E-state index contributed by atoms with van der Waals surface area (Å²) in [5.41, 5.74) is 2.40. The average molecular weight is 275 g/mol. The first-order valence-corrected chi connectivity index (χ1v) is 7.03. The van der Waals surface area contributed by atoms with Crippen molar-refractivity contribution >= 4 is 11.7 Å². The van der Waals surface area contributed by atoms with Gasteiger partial charge in [-0.05, 0) is 56.4 Å². The minimum Gasteiger partial charge on any atom is -0.496 e. The topological polar surface area (TPSA) is 46.6 Å². The van der Waals surface area contributed by atoms with Gasteiger partial charge in [-0.3, -0.25) is 9.59 Å². The van der Waals surface area contributed by atoms with Crippen LogP contribution in [0.4, 0.5) is 0 Å². The standard InChI is InChI=1S/C16H21NO3/c1-11-9-13(14(20-3)10-12(11)2)15(18)16(19)17-7-5-4-6-8-17/h9-10H,4-8H2,1-3H3. The molecule has 1 aromatic rings. The maximum Gasteiger partial charge on any atom is 0.295 e. The molecule has 0 N–H and O–H groups in total.